The van der Waals surface area contributed by atoms with Crippen LogP contribution < -0.4 is 5.32 Å². The van der Waals surface area contributed by atoms with Crippen LogP contribution in [0.2, 0.25) is 23.2 Å². The van der Waals surface area contributed by atoms with Crippen LogP contribution in [-0.4, -0.2) is 31.5 Å². The number of hydrogen-bond donors (Lipinski definition) is 2. The normalized spacial score (nSPS) is 24.1. The molecule has 6 heteroatoms. The summed E-state index contributed by atoms with van der Waals surface area (Å²) in [6.45, 7) is 11.9. The van der Waals surface area contributed by atoms with Crippen molar-refractivity contribution in [1.29, 1.82) is 0 Å². The van der Waals surface area contributed by atoms with E-state index in [-0.39, 0.29) is 10.5 Å². The Bertz CT molecular complexity index is 1190. The van der Waals surface area contributed by atoms with Gasteiger partial charge < -0.3 is 14.8 Å². The van der Waals surface area contributed by atoms with E-state index in [4.69, 9.17) is 16.0 Å². The predicted octanol–water partition coefficient (Wildman–Crippen LogP) is 8.06. The molecular weight excluding hydrogens is 486 g/mol. The molecule has 2 aromatic rings. The number of anilines is 1. The lowest BCUT2D eigenvalue weighted by atomic mass is 9.62. The average Bonchev–Trinajstić information content (AvgIpc) is 3.11. The Morgan fingerprint density at radius 1 is 1.11 bits per heavy atom. The fourth-order valence-corrected chi connectivity index (χ4v) is 6.41. The van der Waals surface area contributed by atoms with Gasteiger partial charge in [-0.1, -0.05) is 80.9 Å². The second-order valence-electron chi connectivity index (χ2n) is 11.8. The van der Waals surface area contributed by atoms with Gasteiger partial charge in [-0.05, 0) is 78.7 Å². The number of rotatable bonds is 7. The maximum Gasteiger partial charge on any atom is 0.329 e. The van der Waals surface area contributed by atoms with Crippen LogP contribution in [0.3, 0.4) is 0 Å². The molecule has 0 radical (unpaired) electrons. The zero-order valence-electron chi connectivity index (χ0n) is 22.0. The van der Waals surface area contributed by atoms with Crippen molar-refractivity contribution in [2.75, 3.05) is 11.9 Å². The Kier molecular flexibility index (Phi) is 7.30. The van der Waals surface area contributed by atoms with Crippen molar-refractivity contribution in [3.8, 4) is 0 Å². The van der Waals surface area contributed by atoms with Crippen molar-refractivity contribution in [1.82, 2.24) is 0 Å². The molecule has 0 bridgehead atoms. The monoisotopic (exact) mass is 523 g/mol. The van der Waals surface area contributed by atoms with Gasteiger partial charge >= 0.3 is 5.97 Å². The Hall–Kier alpha value is -2.34. The number of halogens is 1. The maximum absolute atomic E-state index is 12.5. The topological polar surface area (TPSA) is 58.6 Å². The Labute approximate surface area is 221 Å². The zero-order chi connectivity index (χ0) is 26.2. The van der Waals surface area contributed by atoms with Crippen molar-refractivity contribution in [3.63, 3.8) is 0 Å². The highest BCUT2D eigenvalue weighted by atomic mass is 35.5. The molecular formula is C30H38ClNO3Si. The van der Waals surface area contributed by atoms with Crippen LogP contribution in [0.1, 0.15) is 57.6 Å². The molecule has 0 amide bonds. The van der Waals surface area contributed by atoms with Crippen LogP contribution in [-0.2, 0) is 14.6 Å². The first-order valence-electron chi connectivity index (χ1n) is 12.8. The van der Waals surface area contributed by atoms with E-state index < -0.39 is 19.8 Å². The molecule has 2 aromatic carbocycles. The number of hydrogen-bond acceptors (Lipinski definition) is 3. The van der Waals surface area contributed by atoms with Gasteiger partial charge in [-0.25, -0.2) is 4.79 Å². The fraction of sp³-hybridized carbons (Fsp3) is 0.433. The van der Waals surface area contributed by atoms with E-state index in [1.165, 1.54) is 16.7 Å². The summed E-state index contributed by atoms with van der Waals surface area (Å²) in [5, 5.41) is 14.4. The van der Waals surface area contributed by atoms with Gasteiger partial charge in [0.25, 0.3) is 0 Å². The summed E-state index contributed by atoms with van der Waals surface area (Å²) in [5.41, 5.74) is 3.33. The largest absolute Gasteiger partial charge is 0.480 e. The lowest BCUT2D eigenvalue weighted by Crippen LogP contribution is -2.52. The number of aliphatic carboxylic acids is 1. The average molecular weight is 524 g/mol. The van der Waals surface area contributed by atoms with E-state index in [2.05, 4.69) is 81.7 Å². The predicted molar refractivity (Wildman–Crippen MR) is 152 cm³/mol. The van der Waals surface area contributed by atoms with Gasteiger partial charge in [0.2, 0.25) is 0 Å². The van der Waals surface area contributed by atoms with E-state index in [1.54, 1.807) is 12.1 Å². The van der Waals surface area contributed by atoms with Crippen LogP contribution >= 0.6 is 11.6 Å². The smallest absolute Gasteiger partial charge is 0.329 e. The van der Waals surface area contributed by atoms with Crippen molar-refractivity contribution in [3.05, 3.63) is 82.4 Å². The number of carboxylic acid groups (broad SMARTS) is 1. The number of fused-ring (bicyclic) bond motifs is 2. The van der Waals surface area contributed by atoms with E-state index >= 15 is 0 Å². The highest BCUT2D eigenvalue weighted by molar-refractivity contribution is 6.74. The highest BCUT2D eigenvalue weighted by Gasteiger charge is 2.51. The molecule has 2 aliphatic carbocycles. The molecule has 0 heterocycles. The maximum atomic E-state index is 12.5. The Balaban J connectivity index is 1.57. The SMILES string of the molecule is CC(C)(C)[Si](C)(C)OC/C=C/C1=Cc2ccccc2C12CCC(Nc1cccc(Cl)c1)(C(=O)O)CC2. The first kappa shape index (κ1) is 26.7. The van der Waals surface area contributed by atoms with Crippen LogP contribution in [0.15, 0.2) is 66.3 Å². The summed E-state index contributed by atoms with van der Waals surface area (Å²) in [5.74, 6) is -0.813. The van der Waals surface area contributed by atoms with E-state index in [9.17, 15) is 9.90 Å². The summed E-state index contributed by atoms with van der Waals surface area (Å²) in [6, 6.07) is 15.8. The van der Waals surface area contributed by atoms with Gasteiger partial charge in [0, 0.05) is 16.1 Å². The van der Waals surface area contributed by atoms with Crippen molar-refractivity contribution >= 4 is 37.7 Å². The van der Waals surface area contributed by atoms with Gasteiger partial charge in [-0.15, -0.1) is 0 Å². The van der Waals surface area contributed by atoms with Gasteiger partial charge in [0.1, 0.15) is 5.54 Å². The second kappa shape index (κ2) is 9.84. The molecule has 0 saturated heterocycles. The van der Waals surface area contributed by atoms with Crippen LogP contribution in [0.4, 0.5) is 5.69 Å². The number of allylic oxidation sites excluding steroid dienone is 2. The molecule has 1 spiro atoms. The Morgan fingerprint density at radius 3 is 2.44 bits per heavy atom. The van der Waals surface area contributed by atoms with Crippen LogP contribution in [0.5, 0.6) is 0 Å². The van der Waals surface area contributed by atoms with Gasteiger partial charge in [0.15, 0.2) is 8.32 Å². The molecule has 2 N–H and O–H groups in total. The third-order valence-corrected chi connectivity index (χ3v) is 13.3. The van der Waals surface area contributed by atoms with E-state index in [0.29, 0.717) is 24.5 Å². The quantitative estimate of drug-likeness (QED) is 0.360. The van der Waals surface area contributed by atoms with Gasteiger partial charge in [-0.3, -0.25) is 0 Å². The molecule has 4 nitrogen and oxygen atoms in total. The molecule has 0 aromatic heterocycles. The third kappa shape index (κ3) is 5.06. The number of nitrogens with one attached hydrogen (secondary N) is 1. The minimum atomic E-state index is -1.82. The molecule has 1 saturated carbocycles. The van der Waals surface area contributed by atoms with Gasteiger partial charge in [-0.2, -0.15) is 0 Å². The lowest BCUT2D eigenvalue weighted by molar-refractivity contribution is -0.143. The summed E-state index contributed by atoms with van der Waals surface area (Å²) in [4.78, 5) is 12.5. The second-order valence-corrected chi connectivity index (χ2v) is 17.0. The molecule has 0 aliphatic heterocycles. The summed E-state index contributed by atoms with van der Waals surface area (Å²) >= 11 is 6.16. The lowest BCUT2D eigenvalue weighted by Gasteiger charge is -2.45. The molecule has 2 aliphatic rings. The van der Waals surface area contributed by atoms with Crippen LogP contribution in [0.25, 0.3) is 6.08 Å². The summed E-state index contributed by atoms with van der Waals surface area (Å²) < 4.78 is 6.37. The number of benzene rings is 2. The van der Waals surface area contributed by atoms with E-state index in [1.807, 2.05) is 12.1 Å². The number of carboxylic acids is 1. The van der Waals surface area contributed by atoms with Crippen molar-refractivity contribution in [2.24, 2.45) is 0 Å². The first-order chi connectivity index (χ1) is 16.9. The first-order valence-corrected chi connectivity index (χ1v) is 16.1. The van der Waals surface area contributed by atoms with Crippen molar-refractivity contribution < 1.29 is 14.3 Å². The van der Waals surface area contributed by atoms with Gasteiger partial charge in [0.05, 0.1) is 6.61 Å². The molecule has 192 valence electrons. The van der Waals surface area contributed by atoms with Crippen molar-refractivity contribution in [2.45, 2.75) is 75.5 Å². The summed E-state index contributed by atoms with van der Waals surface area (Å²) in [6.07, 6.45) is 9.18. The van der Waals surface area contributed by atoms with E-state index in [0.717, 1.165) is 18.5 Å². The Morgan fingerprint density at radius 2 is 1.81 bits per heavy atom. The summed E-state index contributed by atoms with van der Waals surface area (Å²) in [7, 11) is -1.82. The minimum Gasteiger partial charge on any atom is -0.480 e. The standard InChI is InChI=1S/C30H38ClNO3Si/c1-28(2,3)36(4,5)35-19-9-11-23-20-22-10-6-7-14-26(22)29(23)15-17-30(18-16-29,27(33)34)32-25-13-8-12-24(31)21-25/h6-14,20-21,32H,15-19H2,1-5H3,(H,33,34)/b11-9+. The zero-order valence-corrected chi connectivity index (χ0v) is 23.8. The minimum absolute atomic E-state index is 0.171. The molecule has 36 heavy (non-hydrogen) atoms. The molecule has 4 rings (SSSR count). The highest BCUT2D eigenvalue weighted by Crippen LogP contribution is 2.54. The molecule has 1 fully saturated rings. The fourth-order valence-electron chi connectivity index (χ4n) is 5.27. The third-order valence-electron chi connectivity index (χ3n) is 8.56. The molecule has 0 atom stereocenters. The number of carbonyl (C=O) groups is 1. The van der Waals surface area contributed by atoms with Crippen LogP contribution in [0, 0.1) is 0 Å². The molecule has 0 unspecified atom stereocenters.